The first kappa shape index (κ1) is 13.3. The van der Waals surface area contributed by atoms with Gasteiger partial charge >= 0.3 is 0 Å². The van der Waals surface area contributed by atoms with Gasteiger partial charge in [-0.15, -0.1) is 11.3 Å². The van der Waals surface area contributed by atoms with Crippen molar-refractivity contribution in [1.82, 2.24) is 10.1 Å². The molecule has 106 valence electrons. The number of rotatable bonds is 3. The van der Waals surface area contributed by atoms with Crippen molar-refractivity contribution in [3.8, 4) is 10.6 Å². The number of aliphatic hydroxyl groups excluding tert-OH is 1. The molecule has 2 aromatic heterocycles. The highest BCUT2D eigenvalue weighted by Gasteiger charge is 2.31. The fraction of sp³-hybridized carbons (Fsp3) is 0.429. The Balaban J connectivity index is 2.06. The molecule has 0 spiro atoms. The lowest BCUT2D eigenvalue weighted by Crippen LogP contribution is -2.28. The Kier molecular flexibility index (Phi) is 3.58. The predicted octanol–water partition coefficient (Wildman–Crippen LogP) is 2.69. The summed E-state index contributed by atoms with van der Waals surface area (Å²) in [7, 11) is 0. The first-order valence-electron chi connectivity index (χ1n) is 6.69. The fourth-order valence-electron chi connectivity index (χ4n) is 2.45. The van der Waals surface area contributed by atoms with Crippen LogP contribution in [0.15, 0.2) is 22.0 Å². The molecule has 0 aliphatic carbocycles. The van der Waals surface area contributed by atoms with Crippen LogP contribution in [-0.4, -0.2) is 34.2 Å². The maximum atomic E-state index is 12.7. The molecule has 5 nitrogen and oxygen atoms in total. The second-order valence-corrected chi connectivity index (χ2v) is 5.87. The summed E-state index contributed by atoms with van der Waals surface area (Å²) in [5.74, 6) is 0.161. The Hall–Kier alpha value is -1.66. The molecule has 3 heterocycles. The molecule has 1 amide bonds. The highest BCUT2D eigenvalue weighted by Crippen LogP contribution is 2.33. The number of hydrogen-bond donors (Lipinski definition) is 1. The molecule has 0 aromatic carbocycles. The summed E-state index contributed by atoms with van der Waals surface area (Å²) < 4.78 is 5.22. The maximum absolute atomic E-state index is 12.7. The van der Waals surface area contributed by atoms with Gasteiger partial charge in [0.25, 0.3) is 5.91 Å². The van der Waals surface area contributed by atoms with E-state index in [1.165, 1.54) is 11.3 Å². The van der Waals surface area contributed by atoms with Crippen molar-refractivity contribution in [3.63, 3.8) is 0 Å². The van der Waals surface area contributed by atoms with Crippen LogP contribution < -0.4 is 0 Å². The molecular weight excluding hydrogens is 276 g/mol. The number of thiophene rings is 1. The van der Waals surface area contributed by atoms with Gasteiger partial charge in [0.15, 0.2) is 5.76 Å². The van der Waals surface area contributed by atoms with Crippen molar-refractivity contribution in [1.29, 1.82) is 0 Å². The average molecular weight is 292 g/mol. The molecule has 1 saturated heterocycles. The zero-order valence-corrected chi connectivity index (χ0v) is 12.0. The van der Waals surface area contributed by atoms with Crippen LogP contribution in [0.25, 0.3) is 10.6 Å². The molecule has 1 fully saturated rings. The predicted molar refractivity (Wildman–Crippen MR) is 75.6 cm³/mol. The summed E-state index contributed by atoms with van der Waals surface area (Å²) in [5, 5.41) is 15.7. The van der Waals surface area contributed by atoms with Gasteiger partial charge in [0.05, 0.1) is 4.88 Å². The molecular formula is C14H16N2O3S. The van der Waals surface area contributed by atoms with E-state index in [0.717, 1.165) is 30.8 Å². The van der Waals surface area contributed by atoms with Crippen LogP contribution in [0.1, 0.15) is 42.0 Å². The van der Waals surface area contributed by atoms with Gasteiger partial charge in [0.1, 0.15) is 17.4 Å². The number of carbonyl (C=O) groups is 1. The topological polar surface area (TPSA) is 66.6 Å². The molecule has 1 unspecified atom stereocenters. The number of amides is 1. The highest BCUT2D eigenvalue weighted by molar-refractivity contribution is 7.13. The zero-order chi connectivity index (χ0) is 14.1. The lowest BCUT2D eigenvalue weighted by molar-refractivity contribution is 0.0781. The molecule has 6 heteroatoms. The van der Waals surface area contributed by atoms with Crippen LogP contribution in [0.5, 0.6) is 0 Å². The number of likely N-dealkylation sites (tertiary alicyclic amines) is 1. The average Bonchev–Trinajstić information content (AvgIpc) is 3.17. The third-order valence-corrected chi connectivity index (χ3v) is 4.34. The smallest absolute Gasteiger partial charge is 0.259 e. The van der Waals surface area contributed by atoms with Gasteiger partial charge in [0.2, 0.25) is 0 Å². The second-order valence-electron chi connectivity index (χ2n) is 4.92. The van der Waals surface area contributed by atoms with Crippen molar-refractivity contribution in [3.05, 3.63) is 28.8 Å². The zero-order valence-electron chi connectivity index (χ0n) is 11.2. The van der Waals surface area contributed by atoms with E-state index < -0.39 is 6.10 Å². The largest absolute Gasteiger partial charge is 0.385 e. The number of hydrogen-bond acceptors (Lipinski definition) is 5. The quantitative estimate of drug-likeness (QED) is 0.944. The van der Waals surface area contributed by atoms with Crippen molar-refractivity contribution < 1.29 is 14.4 Å². The number of aromatic nitrogens is 1. The van der Waals surface area contributed by atoms with Gasteiger partial charge < -0.3 is 14.5 Å². The third-order valence-electron chi connectivity index (χ3n) is 3.46. The van der Waals surface area contributed by atoms with Crippen LogP contribution in [0, 0.1) is 0 Å². The Morgan fingerprint density at radius 3 is 2.85 bits per heavy atom. The van der Waals surface area contributed by atoms with Gasteiger partial charge in [-0.05, 0) is 31.2 Å². The van der Waals surface area contributed by atoms with Crippen LogP contribution in [-0.2, 0) is 0 Å². The summed E-state index contributed by atoms with van der Waals surface area (Å²) in [5.41, 5.74) is 0.942. The summed E-state index contributed by atoms with van der Waals surface area (Å²) in [6, 6.07) is 3.80. The fourth-order valence-corrected chi connectivity index (χ4v) is 3.17. The first-order chi connectivity index (χ1) is 9.68. The molecule has 2 aromatic rings. The van der Waals surface area contributed by atoms with Gasteiger partial charge in [-0.25, -0.2) is 0 Å². The highest BCUT2D eigenvalue weighted by atomic mass is 32.1. The minimum atomic E-state index is -0.849. The van der Waals surface area contributed by atoms with E-state index in [0.29, 0.717) is 11.3 Å². The first-order valence-corrected chi connectivity index (χ1v) is 7.57. The lowest BCUT2D eigenvalue weighted by Gasteiger charge is -2.15. The van der Waals surface area contributed by atoms with Crippen LogP contribution in [0.2, 0.25) is 0 Å². The molecule has 0 radical (unpaired) electrons. The normalized spacial score (nSPS) is 16.6. The Labute approximate surface area is 120 Å². The minimum absolute atomic E-state index is 0.0944. The van der Waals surface area contributed by atoms with Crippen molar-refractivity contribution in [2.24, 2.45) is 0 Å². The van der Waals surface area contributed by atoms with Gasteiger partial charge in [-0.2, -0.15) is 0 Å². The van der Waals surface area contributed by atoms with E-state index >= 15 is 0 Å². The van der Waals surface area contributed by atoms with Crippen molar-refractivity contribution in [2.75, 3.05) is 13.1 Å². The summed E-state index contributed by atoms with van der Waals surface area (Å²) in [6.07, 6.45) is 1.20. The van der Waals surface area contributed by atoms with Crippen molar-refractivity contribution >= 4 is 17.2 Å². The number of aliphatic hydroxyl groups is 1. The van der Waals surface area contributed by atoms with E-state index in [4.69, 9.17) is 4.52 Å². The molecule has 20 heavy (non-hydrogen) atoms. The summed E-state index contributed by atoms with van der Waals surface area (Å²) >= 11 is 1.50. The number of nitrogens with zero attached hydrogens (tertiary/aromatic N) is 2. The van der Waals surface area contributed by atoms with Crippen LogP contribution in [0.3, 0.4) is 0 Å². The van der Waals surface area contributed by atoms with E-state index in [-0.39, 0.29) is 11.7 Å². The van der Waals surface area contributed by atoms with Gasteiger partial charge in [-0.1, -0.05) is 11.2 Å². The van der Waals surface area contributed by atoms with E-state index in [1.807, 2.05) is 17.5 Å². The Morgan fingerprint density at radius 2 is 2.25 bits per heavy atom. The second kappa shape index (κ2) is 5.38. The molecule has 0 saturated carbocycles. The van der Waals surface area contributed by atoms with Crippen LogP contribution in [0.4, 0.5) is 0 Å². The standard InChI is InChI=1S/C14H16N2O3S/c1-9(17)13-11(14(18)16-6-2-3-7-16)12(15-19-13)10-5-4-8-20-10/h4-5,8-9,17H,2-3,6-7H2,1H3. The molecule has 1 aliphatic heterocycles. The van der Waals surface area contributed by atoms with Crippen LogP contribution >= 0.6 is 11.3 Å². The molecule has 0 bridgehead atoms. The van der Waals surface area contributed by atoms with E-state index in [2.05, 4.69) is 5.16 Å². The molecule has 3 rings (SSSR count). The Morgan fingerprint density at radius 1 is 1.50 bits per heavy atom. The summed E-state index contributed by atoms with van der Waals surface area (Å²) in [6.45, 7) is 3.10. The van der Waals surface area contributed by atoms with E-state index in [9.17, 15) is 9.90 Å². The molecule has 1 aliphatic rings. The monoisotopic (exact) mass is 292 g/mol. The van der Waals surface area contributed by atoms with Gasteiger partial charge in [0, 0.05) is 13.1 Å². The minimum Gasteiger partial charge on any atom is -0.385 e. The maximum Gasteiger partial charge on any atom is 0.259 e. The van der Waals surface area contributed by atoms with E-state index in [1.54, 1.807) is 11.8 Å². The molecule has 1 atom stereocenters. The summed E-state index contributed by atoms with van der Waals surface area (Å²) in [4.78, 5) is 15.3. The Bertz CT molecular complexity index is 598. The lowest BCUT2D eigenvalue weighted by atomic mass is 10.1. The van der Waals surface area contributed by atoms with Crippen molar-refractivity contribution in [2.45, 2.75) is 25.9 Å². The number of carbonyl (C=O) groups excluding carboxylic acids is 1. The van der Waals surface area contributed by atoms with Gasteiger partial charge in [-0.3, -0.25) is 4.79 Å². The third kappa shape index (κ3) is 2.25. The molecule has 1 N–H and O–H groups in total. The SMILES string of the molecule is CC(O)c1onc(-c2cccs2)c1C(=O)N1CCCC1.